The number of thiocyanates is 1. The maximum atomic E-state index is 10.8. The van der Waals surface area contributed by atoms with Gasteiger partial charge in [-0.05, 0) is 58.4 Å². The van der Waals surface area contributed by atoms with Gasteiger partial charge in [0.2, 0.25) is 0 Å². The van der Waals surface area contributed by atoms with Crippen LogP contribution in [0.25, 0.3) is 0 Å². The highest BCUT2D eigenvalue weighted by molar-refractivity contribution is 8.03. The number of benzene rings is 1. The van der Waals surface area contributed by atoms with E-state index in [1.165, 1.54) is 22.9 Å². The Labute approximate surface area is 168 Å². The number of aromatic nitrogens is 1. The summed E-state index contributed by atoms with van der Waals surface area (Å²) in [5.74, 6) is 0.444. The predicted octanol–water partition coefficient (Wildman–Crippen LogP) is 6.07. The number of aryl methyl sites for hydroxylation is 3. The number of hydrogen-bond acceptors (Lipinski definition) is 3. The van der Waals surface area contributed by atoms with Crippen molar-refractivity contribution in [1.82, 2.24) is 4.57 Å². The smallest absolute Gasteiger partial charge is 0.140 e. The van der Waals surface area contributed by atoms with Gasteiger partial charge in [-0.1, -0.05) is 53.7 Å². The lowest BCUT2D eigenvalue weighted by Gasteiger charge is -2.28. The van der Waals surface area contributed by atoms with Gasteiger partial charge in [0.15, 0.2) is 0 Å². The monoisotopic (exact) mass is 384 g/mol. The molecule has 0 bridgehead atoms. The molecule has 1 heterocycles. The molecule has 0 atom stereocenters. The third-order valence-electron chi connectivity index (χ3n) is 4.88. The van der Waals surface area contributed by atoms with E-state index >= 15 is 0 Å². The molecule has 0 spiro atoms. The van der Waals surface area contributed by atoms with E-state index in [0.717, 1.165) is 35.4 Å². The number of nitriles is 1. The van der Waals surface area contributed by atoms with Crippen molar-refractivity contribution in [3.05, 3.63) is 46.6 Å². The molecule has 4 heteroatoms. The zero-order chi connectivity index (χ0) is 20.4. The Bertz CT molecular complexity index is 810. The first kappa shape index (κ1) is 21.4. The molecule has 0 fully saturated rings. The van der Waals surface area contributed by atoms with E-state index in [-0.39, 0.29) is 10.8 Å². The highest BCUT2D eigenvalue weighted by Crippen LogP contribution is 2.40. The molecule has 2 aromatic rings. The number of nitrogens with zero attached hydrogens (tertiary/aromatic N) is 2. The Morgan fingerprint density at radius 3 is 1.96 bits per heavy atom. The summed E-state index contributed by atoms with van der Waals surface area (Å²) in [6.07, 6.45) is 5.11. The fourth-order valence-corrected chi connectivity index (χ4v) is 3.87. The summed E-state index contributed by atoms with van der Waals surface area (Å²) in [4.78, 5) is 0. The molecule has 3 nitrogen and oxygen atoms in total. The second-order valence-electron chi connectivity index (χ2n) is 9.38. The molecule has 0 aliphatic heterocycles. The van der Waals surface area contributed by atoms with Crippen LogP contribution >= 0.6 is 11.8 Å². The number of phenolic OH excluding ortho intramolecular Hbond substituents is 1. The first-order valence-corrected chi connectivity index (χ1v) is 10.3. The predicted molar refractivity (Wildman–Crippen MR) is 114 cm³/mol. The molecular weight excluding hydrogens is 352 g/mol. The van der Waals surface area contributed by atoms with Crippen LogP contribution in [-0.2, 0) is 30.7 Å². The lowest BCUT2D eigenvalue weighted by Crippen LogP contribution is -2.18. The number of aromatic hydroxyl groups is 1. The second-order valence-corrected chi connectivity index (χ2v) is 10.2. The van der Waals surface area contributed by atoms with Gasteiger partial charge >= 0.3 is 0 Å². The first-order valence-electron chi connectivity index (χ1n) is 9.51. The number of hydrogen-bond donors (Lipinski definition) is 1. The van der Waals surface area contributed by atoms with E-state index in [2.05, 4.69) is 71.3 Å². The molecule has 1 aromatic heterocycles. The Morgan fingerprint density at radius 1 is 0.963 bits per heavy atom. The molecule has 1 aromatic carbocycles. The van der Waals surface area contributed by atoms with Crippen LogP contribution in [0.1, 0.15) is 70.2 Å². The Hall–Kier alpha value is -1.86. The average molecular weight is 385 g/mol. The maximum Gasteiger partial charge on any atom is 0.140 e. The van der Waals surface area contributed by atoms with Crippen molar-refractivity contribution >= 4 is 11.8 Å². The Kier molecular flexibility index (Phi) is 6.37. The Balaban J connectivity index is 2.21. The second kappa shape index (κ2) is 8.02. The molecule has 0 unspecified atom stereocenters. The first-order chi connectivity index (χ1) is 12.4. The largest absolute Gasteiger partial charge is 0.507 e. The minimum atomic E-state index is -0.0943. The lowest BCUT2D eigenvalue weighted by molar-refractivity contribution is 0.422. The third-order valence-corrected chi connectivity index (χ3v) is 5.59. The average Bonchev–Trinajstić information content (AvgIpc) is 2.87. The van der Waals surface area contributed by atoms with Crippen LogP contribution in [0.5, 0.6) is 5.75 Å². The molecule has 0 saturated carbocycles. The molecule has 146 valence electrons. The number of thioether (sulfide) groups is 1. The summed E-state index contributed by atoms with van der Waals surface area (Å²) in [7, 11) is 1.98. The van der Waals surface area contributed by atoms with Crippen LogP contribution in [0.15, 0.2) is 29.4 Å². The van der Waals surface area contributed by atoms with Crippen LogP contribution in [0.3, 0.4) is 0 Å². The van der Waals surface area contributed by atoms with Gasteiger partial charge in [-0.15, -0.1) is 0 Å². The molecule has 27 heavy (non-hydrogen) atoms. The van der Waals surface area contributed by atoms with Gasteiger partial charge in [0, 0.05) is 25.0 Å². The third kappa shape index (κ3) is 5.32. The maximum absolute atomic E-state index is 10.8. The van der Waals surface area contributed by atoms with E-state index in [0.29, 0.717) is 5.75 Å². The summed E-state index contributed by atoms with van der Waals surface area (Å²) < 4.78 is 2.01. The Morgan fingerprint density at radius 2 is 1.48 bits per heavy atom. The summed E-state index contributed by atoms with van der Waals surface area (Å²) in [6.45, 7) is 12.9. The standard InChI is InChI=1S/C23H32N2OS/c1-22(2,3)18-11-16(12-19(21(18)26)23(4,5)6)9-8-10-17-13-20(27-15-24)25(7)14-17/h11-14,26H,8-10H2,1-7H3. The van der Waals surface area contributed by atoms with Crippen LogP contribution in [-0.4, -0.2) is 9.67 Å². The molecule has 0 saturated heterocycles. The zero-order valence-electron chi connectivity index (χ0n) is 17.7. The lowest BCUT2D eigenvalue weighted by atomic mass is 9.78. The van der Waals surface area contributed by atoms with E-state index < -0.39 is 0 Å². The number of rotatable bonds is 5. The van der Waals surface area contributed by atoms with Crippen LogP contribution < -0.4 is 0 Å². The van der Waals surface area contributed by atoms with E-state index in [1.54, 1.807) is 0 Å². The fourth-order valence-electron chi connectivity index (χ4n) is 3.37. The molecule has 0 amide bonds. The van der Waals surface area contributed by atoms with Crippen molar-refractivity contribution in [2.75, 3.05) is 0 Å². The van der Waals surface area contributed by atoms with Crippen LogP contribution in [0.4, 0.5) is 0 Å². The minimum Gasteiger partial charge on any atom is -0.507 e. The summed E-state index contributed by atoms with van der Waals surface area (Å²) in [5.41, 5.74) is 4.41. The van der Waals surface area contributed by atoms with Gasteiger partial charge in [-0.2, -0.15) is 5.26 Å². The minimum absolute atomic E-state index is 0.0943. The normalized spacial score (nSPS) is 12.2. The van der Waals surface area contributed by atoms with Gasteiger partial charge in [0.25, 0.3) is 0 Å². The van der Waals surface area contributed by atoms with Gasteiger partial charge in [0.1, 0.15) is 11.2 Å². The number of phenols is 1. The van der Waals surface area contributed by atoms with E-state index in [9.17, 15) is 5.11 Å². The SMILES string of the molecule is Cn1cc(CCCc2cc(C(C)(C)C)c(O)c(C(C)(C)C)c2)cc1SC#N. The van der Waals surface area contributed by atoms with Gasteiger partial charge in [-0.3, -0.25) is 0 Å². The molecular formula is C23H32N2OS. The van der Waals surface area contributed by atoms with Crippen LogP contribution in [0, 0.1) is 10.7 Å². The fraction of sp³-hybridized carbons (Fsp3) is 0.522. The van der Waals surface area contributed by atoms with Crippen molar-refractivity contribution in [1.29, 1.82) is 5.26 Å². The molecule has 0 aliphatic rings. The molecule has 1 N–H and O–H groups in total. The summed E-state index contributed by atoms with van der Waals surface area (Å²) >= 11 is 1.20. The topological polar surface area (TPSA) is 49.0 Å². The van der Waals surface area contributed by atoms with Gasteiger partial charge in [-0.25, -0.2) is 0 Å². The van der Waals surface area contributed by atoms with Crippen molar-refractivity contribution in [2.45, 2.75) is 76.7 Å². The van der Waals surface area contributed by atoms with Gasteiger partial charge < -0.3 is 9.67 Å². The quantitative estimate of drug-likeness (QED) is 0.502. The van der Waals surface area contributed by atoms with Crippen molar-refractivity contribution in [3.63, 3.8) is 0 Å². The molecule has 2 rings (SSSR count). The van der Waals surface area contributed by atoms with E-state index in [1.807, 2.05) is 11.6 Å². The van der Waals surface area contributed by atoms with Crippen LogP contribution in [0.2, 0.25) is 0 Å². The highest BCUT2D eigenvalue weighted by Gasteiger charge is 2.26. The van der Waals surface area contributed by atoms with Crippen molar-refractivity contribution in [3.8, 4) is 11.2 Å². The molecule has 0 radical (unpaired) electrons. The summed E-state index contributed by atoms with van der Waals surface area (Å²) in [6, 6.07) is 6.45. The van der Waals surface area contributed by atoms with Gasteiger partial charge in [0.05, 0.1) is 5.03 Å². The summed E-state index contributed by atoms with van der Waals surface area (Å²) in [5, 5.41) is 22.8. The zero-order valence-corrected chi connectivity index (χ0v) is 18.5. The van der Waals surface area contributed by atoms with E-state index in [4.69, 9.17) is 5.26 Å². The highest BCUT2D eigenvalue weighted by atomic mass is 32.2. The molecule has 0 aliphatic carbocycles. The van der Waals surface area contributed by atoms with Crippen molar-refractivity contribution in [2.24, 2.45) is 7.05 Å². The van der Waals surface area contributed by atoms with Crippen molar-refractivity contribution < 1.29 is 5.11 Å².